The number of carbonyl (C=O) groups excluding carboxylic acids is 2. The molecule has 7 heteroatoms. The molecular weight excluding hydrogens is 374 g/mol. The molecule has 0 spiro atoms. The van der Waals surface area contributed by atoms with E-state index >= 15 is 0 Å². The van der Waals surface area contributed by atoms with Gasteiger partial charge in [-0.2, -0.15) is 0 Å². The Morgan fingerprint density at radius 3 is 2.52 bits per heavy atom. The molecule has 2 aromatic carbocycles. The Labute approximate surface area is 161 Å². The molecule has 1 fully saturated rings. The van der Waals surface area contributed by atoms with E-state index in [2.05, 4.69) is 0 Å². The van der Waals surface area contributed by atoms with Crippen LogP contribution in [0.15, 0.2) is 42.5 Å². The lowest BCUT2D eigenvalue weighted by atomic mass is 10.1. The molecule has 1 saturated heterocycles. The first-order valence-corrected chi connectivity index (χ1v) is 9.05. The highest BCUT2D eigenvalue weighted by atomic mass is 35.5. The molecule has 2 amide bonds. The quantitative estimate of drug-likeness (QED) is 0.800. The lowest BCUT2D eigenvalue weighted by Crippen LogP contribution is -2.36. The molecule has 27 heavy (non-hydrogen) atoms. The molecule has 0 aliphatic carbocycles. The summed E-state index contributed by atoms with van der Waals surface area (Å²) in [7, 11) is 0. The molecule has 142 valence electrons. The van der Waals surface area contributed by atoms with Gasteiger partial charge in [-0.25, -0.2) is 8.78 Å². The van der Waals surface area contributed by atoms with E-state index in [1.54, 1.807) is 11.0 Å². The maximum atomic E-state index is 13.8. The SMILES string of the molecule is O=C(Cc1cccc(F)c1F)N1CCC(=O)N(Cc2ccccc2Cl)CC1. The van der Waals surface area contributed by atoms with Crippen molar-refractivity contribution in [1.82, 2.24) is 9.80 Å². The molecule has 0 N–H and O–H groups in total. The van der Waals surface area contributed by atoms with E-state index < -0.39 is 11.6 Å². The van der Waals surface area contributed by atoms with Gasteiger partial charge in [-0.3, -0.25) is 9.59 Å². The topological polar surface area (TPSA) is 40.6 Å². The lowest BCUT2D eigenvalue weighted by molar-refractivity contribution is -0.130. The van der Waals surface area contributed by atoms with Crippen molar-refractivity contribution in [3.05, 3.63) is 70.2 Å². The Hall–Kier alpha value is -2.47. The first kappa shape index (κ1) is 19.3. The van der Waals surface area contributed by atoms with Gasteiger partial charge in [-0.15, -0.1) is 0 Å². The molecule has 0 bridgehead atoms. The number of hydrogen-bond acceptors (Lipinski definition) is 2. The summed E-state index contributed by atoms with van der Waals surface area (Å²) in [6.07, 6.45) is -0.0515. The zero-order valence-electron chi connectivity index (χ0n) is 14.6. The number of hydrogen-bond donors (Lipinski definition) is 0. The number of nitrogens with zero attached hydrogens (tertiary/aromatic N) is 2. The van der Waals surface area contributed by atoms with Crippen molar-refractivity contribution in [3.63, 3.8) is 0 Å². The van der Waals surface area contributed by atoms with Crippen LogP contribution in [0.2, 0.25) is 5.02 Å². The number of halogens is 3. The third kappa shape index (κ3) is 4.63. The van der Waals surface area contributed by atoms with Gasteiger partial charge >= 0.3 is 0 Å². The summed E-state index contributed by atoms with van der Waals surface area (Å²) in [6.45, 7) is 1.33. The van der Waals surface area contributed by atoms with Crippen LogP contribution in [0.5, 0.6) is 0 Å². The summed E-state index contributed by atoms with van der Waals surface area (Å²) in [6, 6.07) is 11.1. The van der Waals surface area contributed by atoms with Crippen LogP contribution in [-0.2, 0) is 22.6 Å². The zero-order valence-corrected chi connectivity index (χ0v) is 15.4. The monoisotopic (exact) mass is 392 g/mol. The highest BCUT2D eigenvalue weighted by Crippen LogP contribution is 2.19. The van der Waals surface area contributed by atoms with Crippen molar-refractivity contribution in [2.45, 2.75) is 19.4 Å². The maximum Gasteiger partial charge on any atom is 0.227 e. The third-order valence-corrected chi connectivity index (χ3v) is 5.00. The van der Waals surface area contributed by atoms with Crippen LogP contribution < -0.4 is 0 Å². The van der Waals surface area contributed by atoms with E-state index in [4.69, 9.17) is 11.6 Å². The minimum absolute atomic E-state index is 0.0171. The first-order valence-electron chi connectivity index (χ1n) is 8.67. The highest BCUT2D eigenvalue weighted by molar-refractivity contribution is 6.31. The molecule has 3 rings (SSSR count). The molecule has 1 aliphatic heterocycles. The number of benzene rings is 2. The predicted octanol–water partition coefficient (Wildman–Crippen LogP) is 3.42. The summed E-state index contributed by atoms with van der Waals surface area (Å²) in [5.41, 5.74) is 0.859. The van der Waals surface area contributed by atoms with Gasteiger partial charge in [0, 0.05) is 43.2 Å². The normalized spacial score (nSPS) is 15.0. The number of amides is 2. The molecule has 0 unspecified atom stereocenters. The van der Waals surface area contributed by atoms with Crippen LogP contribution in [-0.4, -0.2) is 41.2 Å². The van der Waals surface area contributed by atoms with Gasteiger partial charge in [0.05, 0.1) is 6.42 Å². The van der Waals surface area contributed by atoms with Crippen molar-refractivity contribution in [1.29, 1.82) is 0 Å². The predicted molar refractivity (Wildman–Crippen MR) is 98.1 cm³/mol. The van der Waals surface area contributed by atoms with Gasteiger partial charge in [0.15, 0.2) is 11.6 Å². The van der Waals surface area contributed by atoms with Crippen LogP contribution >= 0.6 is 11.6 Å². The van der Waals surface area contributed by atoms with Gasteiger partial charge in [0.1, 0.15) is 0 Å². The van der Waals surface area contributed by atoms with Gasteiger partial charge in [-0.1, -0.05) is 41.9 Å². The van der Waals surface area contributed by atoms with Crippen molar-refractivity contribution >= 4 is 23.4 Å². The second-order valence-electron chi connectivity index (χ2n) is 6.43. The smallest absolute Gasteiger partial charge is 0.227 e. The molecule has 1 aliphatic rings. The average Bonchev–Trinajstić information content (AvgIpc) is 2.83. The van der Waals surface area contributed by atoms with Gasteiger partial charge in [-0.05, 0) is 17.7 Å². The van der Waals surface area contributed by atoms with E-state index in [1.165, 1.54) is 17.0 Å². The van der Waals surface area contributed by atoms with E-state index in [0.29, 0.717) is 24.7 Å². The second-order valence-corrected chi connectivity index (χ2v) is 6.83. The summed E-state index contributed by atoms with van der Waals surface area (Å²) in [4.78, 5) is 28.1. The van der Waals surface area contributed by atoms with Gasteiger partial charge < -0.3 is 9.80 Å². The van der Waals surface area contributed by atoms with Crippen LogP contribution in [0.3, 0.4) is 0 Å². The van der Waals surface area contributed by atoms with E-state index in [-0.39, 0.29) is 36.8 Å². The molecule has 0 atom stereocenters. The standard InChI is InChI=1S/C20H19ClF2N2O2/c21-16-6-2-1-4-15(16)13-25-11-10-24(9-8-18(25)26)19(27)12-14-5-3-7-17(22)20(14)23/h1-7H,8-13H2. The minimum Gasteiger partial charge on any atom is -0.340 e. The van der Waals surface area contributed by atoms with Crippen LogP contribution in [0.25, 0.3) is 0 Å². The summed E-state index contributed by atoms with van der Waals surface area (Å²) in [5.74, 6) is -2.37. The molecule has 2 aromatic rings. The Balaban J connectivity index is 1.64. The Morgan fingerprint density at radius 1 is 1.00 bits per heavy atom. The Morgan fingerprint density at radius 2 is 1.74 bits per heavy atom. The van der Waals surface area contributed by atoms with Crippen LogP contribution in [0.4, 0.5) is 8.78 Å². The zero-order chi connectivity index (χ0) is 19.4. The van der Waals surface area contributed by atoms with Gasteiger partial charge in [0.2, 0.25) is 11.8 Å². The van der Waals surface area contributed by atoms with Gasteiger partial charge in [0.25, 0.3) is 0 Å². The van der Waals surface area contributed by atoms with E-state index in [0.717, 1.165) is 11.6 Å². The van der Waals surface area contributed by atoms with Crippen LogP contribution in [0.1, 0.15) is 17.5 Å². The number of carbonyl (C=O) groups is 2. The average molecular weight is 393 g/mol. The van der Waals surface area contributed by atoms with Crippen molar-refractivity contribution < 1.29 is 18.4 Å². The van der Waals surface area contributed by atoms with Crippen LogP contribution in [0, 0.1) is 11.6 Å². The molecule has 0 aromatic heterocycles. The largest absolute Gasteiger partial charge is 0.340 e. The fourth-order valence-corrected chi connectivity index (χ4v) is 3.27. The van der Waals surface area contributed by atoms with Crippen molar-refractivity contribution in [2.24, 2.45) is 0 Å². The Bertz CT molecular complexity index is 860. The first-order chi connectivity index (χ1) is 13.0. The fraction of sp³-hybridized carbons (Fsp3) is 0.300. The van der Waals surface area contributed by atoms with E-state index in [9.17, 15) is 18.4 Å². The molecule has 0 radical (unpaired) electrons. The summed E-state index contributed by atoms with van der Waals surface area (Å²) < 4.78 is 27.1. The molecule has 4 nitrogen and oxygen atoms in total. The fourth-order valence-electron chi connectivity index (χ4n) is 3.08. The van der Waals surface area contributed by atoms with E-state index in [1.807, 2.05) is 18.2 Å². The third-order valence-electron chi connectivity index (χ3n) is 4.63. The summed E-state index contributed by atoms with van der Waals surface area (Å²) >= 11 is 6.16. The highest BCUT2D eigenvalue weighted by Gasteiger charge is 2.25. The molecule has 1 heterocycles. The molecule has 0 saturated carbocycles. The second kappa shape index (κ2) is 8.48. The minimum atomic E-state index is -1.00. The number of rotatable bonds is 4. The maximum absolute atomic E-state index is 13.8. The Kier molecular flexibility index (Phi) is 6.06. The summed E-state index contributed by atoms with van der Waals surface area (Å²) in [5, 5.41) is 0.587. The van der Waals surface area contributed by atoms with Crippen molar-refractivity contribution in [3.8, 4) is 0 Å². The van der Waals surface area contributed by atoms with Crippen molar-refractivity contribution in [2.75, 3.05) is 19.6 Å². The molecular formula is C20H19ClF2N2O2. The lowest BCUT2D eigenvalue weighted by Gasteiger charge is -2.23.